The lowest BCUT2D eigenvalue weighted by molar-refractivity contribution is -0.143. The highest BCUT2D eigenvalue weighted by molar-refractivity contribution is 7.22. The van der Waals surface area contributed by atoms with Crippen molar-refractivity contribution >= 4 is 44.1 Å². The quantitative estimate of drug-likeness (QED) is 0.408. The number of benzene rings is 1. The molecule has 0 radical (unpaired) electrons. The van der Waals surface area contributed by atoms with E-state index in [-0.39, 0.29) is 17.1 Å². The number of aromatic amines is 1. The number of ether oxygens (including phenoxy) is 1. The van der Waals surface area contributed by atoms with Gasteiger partial charge in [-0.1, -0.05) is 0 Å². The molecule has 0 unspecified atom stereocenters. The summed E-state index contributed by atoms with van der Waals surface area (Å²) in [4.78, 5) is 26.0. The summed E-state index contributed by atoms with van der Waals surface area (Å²) >= 11 is 1.63. The fourth-order valence-corrected chi connectivity index (χ4v) is 7.01. The Hall–Kier alpha value is -3.01. The van der Waals surface area contributed by atoms with E-state index in [0.717, 1.165) is 89.5 Å². The van der Waals surface area contributed by atoms with Crippen molar-refractivity contribution in [1.29, 1.82) is 0 Å². The van der Waals surface area contributed by atoms with Crippen LogP contribution in [0.15, 0.2) is 36.5 Å². The molecule has 2 N–H and O–H groups in total. The topological polar surface area (TPSA) is 73.5 Å². The number of likely N-dealkylation sites (tertiary alicyclic amines) is 1. The van der Waals surface area contributed by atoms with Crippen LogP contribution in [0.4, 0.5) is 10.2 Å². The lowest BCUT2D eigenvalue weighted by Gasteiger charge is -2.46. The summed E-state index contributed by atoms with van der Waals surface area (Å²) in [5.74, 6) is 0.964. The van der Waals surface area contributed by atoms with Gasteiger partial charge < -0.3 is 19.9 Å². The number of piperidine rings is 1. The minimum atomic E-state index is -0.211. The van der Waals surface area contributed by atoms with E-state index >= 15 is 4.39 Å². The number of fused-ring (bicyclic) bond motifs is 2. The number of carbonyl (C=O) groups is 1. The largest absolute Gasteiger partial charge is 0.378 e. The van der Waals surface area contributed by atoms with Crippen molar-refractivity contribution in [2.75, 3.05) is 50.8 Å². The predicted octanol–water partition coefficient (Wildman–Crippen LogP) is 4.13. The Morgan fingerprint density at radius 1 is 1.08 bits per heavy atom. The molecular formula is C27H28FN5O2S. The smallest absolute Gasteiger partial charge is 0.228 e. The third-order valence-electron chi connectivity index (χ3n) is 8.06. The Kier molecular flexibility index (Phi) is 5.27. The lowest BCUT2D eigenvalue weighted by Crippen LogP contribution is -2.62. The number of pyridine rings is 1. The number of nitrogens with one attached hydrogen (secondary N) is 2. The minimum Gasteiger partial charge on any atom is -0.378 e. The van der Waals surface area contributed by atoms with Crippen LogP contribution in [0, 0.1) is 11.2 Å². The zero-order valence-electron chi connectivity index (χ0n) is 20.0. The summed E-state index contributed by atoms with van der Waals surface area (Å²) in [5.41, 5.74) is 2.45. The first-order chi connectivity index (χ1) is 17.6. The van der Waals surface area contributed by atoms with Gasteiger partial charge in [0.05, 0.1) is 24.3 Å². The molecule has 1 amide bonds. The number of halogens is 1. The number of nitrogens with zero attached hydrogens (tertiary/aromatic N) is 3. The molecule has 3 aliphatic rings. The summed E-state index contributed by atoms with van der Waals surface area (Å²) in [7, 11) is 0. The summed E-state index contributed by atoms with van der Waals surface area (Å²) in [6.45, 7) is 6.30. The molecule has 3 aliphatic heterocycles. The average Bonchev–Trinajstić information content (AvgIpc) is 3.55. The Morgan fingerprint density at radius 3 is 2.67 bits per heavy atom. The molecule has 186 valence electrons. The molecule has 7 rings (SSSR count). The lowest BCUT2D eigenvalue weighted by atomic mass is 9.72. The highest BCUT2D eigenvalue weighted by Gasteiger charge is 2.47. The van der Waals surface area contributed by atoms with E-state index in [1.807, 2.05) is 12.3 Å². The van der Waals surface area contributed by atoms with Gasteiger partial charge in [0.15, 0.2) is 0 Å². The molecule has 1 aromatic carbocycles. The van der Waals surface area contributed by atoms with Crippen LogP contribution in [0.2, 0.25) is 0 Å². The van der Waals surface area contributed by atoms with Crippen molar-refractivity contribution in [3.8, 4) is 10.4 Å². The van der Waals surface area contributed by atoms with Gasteiger partial charge in [0.2, 0.25) is 5.91 Å². The van der Waals surface area contributed by atoms with Crippen LogP contribution in [-0.2, 0) is 16.1 Å². The number of hydrogen-bond donors (Lipinski definition) is 2. The fourth-order valence-electron chi connectivity index (χ4n) is 5.83. The number of amides is 1. The van der Waals surface area contributed by atoms with Gasteiger partial charge in [0.25, 0.3) is 0 Å². The first-order valence-corrected chi connectivity index (χ1v) is 13.4. The second kappa shape index (κ2) is 8.54. The molecule has 7 nitrogen and oxygen atoms in total. The Balaban J connectivity index is 1.26. The average molecular weight is 506 g/mol. The minimum absolute atomic E-state index is 0.140. The van der Waals surface area contributed by atoms with E-state index < -0.39 is 0 Å². The number of thiophene rings is 1. The molecular weight excluding hydrogens is 477 g/mol. The number of rotatable bonds is 4. The number of anilines is 1. The molecule has 1 spiro atoms. The number of β-lactam (4-membered cyclic amide) rings is 1. The highest BCUT2D eigenvalue weighted by Crippen LogP contribution is 2.42. The second-order valence-corrected chi connectivity index (χ2v) is 11.2. The molecule has 9 heteroatoms. The van der Waals surface area contributed by atoms with E-state index in [1.54, 1.807) is 17.4 Å². The van der Waals surface area contributed by atoms with Crippen molar-refractivity contribution in [3.63, 3.8) is 0 Å². The van der Waals surface area contributed by atoms with E-state index in [4.69, 9.17) is 9.72 Å². The van der Waals surface area contributed by atoms with Gasteiger partial charge in [-0.3, -0.25) is 9.69 Å². The first-order valence-electron chi connectivity index (χ1n) is 12.6. The number of H-pyrrole nitrogens is 1. The molecule has 3 fully saturated rings. The third kappa shape index (κ3) is 3.60. The molecule has 6 heterocycles. The molecule has 3 saturated heterocycles. The number of carbonyl (C=O) groups excluding carboxylic acids is 1. The SMILES string of the molecule is O=C1NCC12CCN(Cc1cc3sc(-c4c(F)ccc5[nH]ccc45)cc3c(N3CCOCC3)n1)CC2. The Bertz CT molecular complexity index is 1470. The summed E-state index contributed by atoms with van der Waals surface area (Å²) in [6.07, 6.45) is 3.66. The summed E-state index contributed by atoms with van der Waals surface area (Å²) < 4.78 is 21.8. The van der Waals surface area contributed by atoms with Crippen LogP contribution < -0.4 is 10.2 Å². The van der Waals surface area contributed by atoms with Gasteiger partial charge in [0, 0.05) is 63.8 Å². The van der Waals surface area contributed by atoms with Crippen LogP contribution in [-0.4, -0.2) is 66.7 Å². The fraction of sp³-hybridized carbons (Fsp3) is 0.407. The number of aromatic nitrogens is 2. The van der Waals surface area contributed by atoms with Crippen LogP contribution in [0.1, 0.15) is 18.5 Å². The number of morpholine rings is 1. The standard InChI is InChI=1S/C27H28FN5O2S/c28-20-1-2-21-18(3-6-29-21)24(20)23-14-19-22(36-23)13-17(31-25(19)33-9-11-35-12-10-33)15-32-7-4-27(5-8-32)16-30-26(27)34/h1-3,6,13-14,29H,4-5,7-12,15-16H2,(H,30,34). The normalized spacial score (nSPS) is 20.2. The van der Waals surface area contributed by atoms with E-state index in [1.165, 1.54) is 6.07 Å². The zero-order chi connectivity index (χ0) is 24.3. The second-order valence-electron chi connectivity index (χ2n) is 10.2. The molecule has 4 aromatic rings. The van der Waals surface area contributed by atoms with Crippen LogP contribution in [0.3, 0.4) is 0 Å². The molecule has 0 saturated carbocycles. The third-order valence-corrected chi connectivity index (χ3v) is 9.16. The maximum Gasteiger partial charge on any atom is 0.228 e. The van der Waals surface area contributed by atoms with Crippen LogP contribution in [0.5, 0.6) is 0 Å². The van der Waals surface area contributed by atoms with Crippen LogP contribution in [0.25, 0.3) is 31.4 Å². The maximum absolute atomic E-state index is 15.1. The summed E-state index contributed by atoms with van der Waals surface area (Å²) in [5, 5.41) is 4.87. The molecule has 0 atom stereocenters. The summed E-state index contributed by atoms with van der Waals surface area (Å²) in [6, 6.07) is 9.54. The molecule has 0 aliphatic carbocycles. The van der Waals surface area contributed by atoms with E-state index in [9.17, 15) is 4.79 Å². The Morgan fingerprint density at radius 2 is 1.92 bits per heavy atom. The van der Waals surface area contributed by atoms with Crippen molar-refractivity contribution < 1.29 is 13.9 Å². The van der Waals surface area contributed by atoms with Gasteiger partial charge >= 0.3 is 0 Å². The van der Waals surface area contributed by atoms with Crippen molar-refractivity contribution in [3.05, 3.63) is 48.0 Å². The van der Waals surface area contributed by atoms with Gasteiger partial charge in [-0.25, -0.2) is 9.37 Å². The monoisotopic (exact) mass is 505 g/mol. The van der Waals surface area contributed by atoms with Gasteiger partial charge in [-0.05, 0) is 56.3 Å². The van der Waals surface area contributed by atoms with Gasteiger partial charge in [-0.2, -0.15) is 0 Å². The molecule has 3 aromatic heterocycles. The zero-order valence-corrected chi connectivity index (χ0v) is 20.8. The van der Waals surface area contributed by atoms with E-state index in [0.29, 0.717) is 18.8 Å². The molecule has 0 bridgehead atoms. The van der Waals surface area contributed by atoms with Crippen molar-refractivity contribution in [2.24, 2.45) is 5.41 Å². The van der Waals surface area contributed by atoms with Crippen molar-refractivity contribution in [2.45, 2.75) is 19.4 Å². The van der Waals surface area contributed by atoms with Crippen LogP contribution >= 0.6 is 11.3 Å². The predicted molar refractivity (Wildman–Crippen MR) is 140 cm³/mol. The maximum atomic E-state index is 15.1. The first kappa shape index (κ1) is 22.2. The van der Waals surface area contributed by atoms with Gasteiger partial charge in [-0.15, -0.1) is 11.3 Å². The number of hydrogen-bond acceptors (Lipinski definition) is 6. The molecule has 36 heavy (non-hydrogen) atoms. The van der Waals surface area contributed by atoms with E-state index in [2.05, 4.69) is 32.2 Å². The van der Waals surface area contributed by atoms with Crippen molar-refractivity contribution in [1.82, 2.24) is 20.2 Å². The van der Waals surface area contributed by atoms with Gasteiger partial charge in [0.1, 0.15) is 11.6 Å². The Labute approximate surface area is 212 Å². The highest BCUT2D eigenvalue weighted by atomic mass is 32.1.